The standard InChI is InChI=1S/C20H16N4O6/c25-19(13-30-18-6-2-1-5-17(18)24(28)29)22-21-12-16-4-3-11-23(16)15-9-7-14(8-10-15)20(26)27/h1-12H,13H2,(H,22,25)(H,26,27)/b21-12+. The van der Waals surface area contributed by atoms with Crippen molar-refractivity contribution in [2.24, 2.45) is 5.10 Å². The number of nitrogens with one attached hydrogen (secondary N) is 1. The summed E-state index contributed by atoms with van der Waals surface area (Å²) < 4.78 is 6.95. The lowest BCUT2D eigenvalue weighted by atomic mass is 10.2. The lowest BCUT2D eigenvalue weighted by Crippen LogP contribution is -2.24. The van der Waals surface area contributed by atoms with E-state index in [1.807, 2.05) is 0 Å². The Hall–Kier alpha value is -4.47. The first-order valence-electron chi connectivity index (χ1n) is 8.65. The van der Waals surface area contributed by atoms with Crippen molar-refractivity contribution in [1.29, 1.82) is 0 Å². The van der Waals surface area contributed by atoms with Crippen LogP contribution in [0.1, 0.15) is 16.1 Å². The summed E-state index contributed by atoms with van der Waals surface area (Å²) in [4.78, 5) is 33.2. The van der Waals surface area contributed by atoms with E-state index in [4.69, 9.17) is 9.84 Å². The summed E-state index contributed by atoms with van der Waals surface area (Å²) in [6.07, 6.45) is 3.17. The molecule has 30 heavy (non-hydrogen) atoms. The second kappa shape index (κ2) is 9.15. The minimum atomic E-state index is -1.01. The Morgan fingerprint density at radius 3 is 2.57 bits per heavy atom. The lowest BCUT2D eigenvalue weighted by molar-refractivity contribution is -0.385. The number of nitrogens with zero attached hydrogens (tertiary/aromatic N) is 3. The van der Waals surface area contributed by atoms with Gasteiger partial charge in [0.15, 0.2) is 12.4 Å². The van der Waals surface area contributed by atoms with Crippen LogP contribution in [0, 0.1) is 10.1 Å². The van der Waals surface area contributed by atoms with Crippen molar-refractivity contribution in [2.45, 2.75) is 0 Å². The Morgan fingerprint density at radius 1 is 1.13 bits per heavy atom. The number of rotatable bonds is 8. The van der Waals surface area contributed by atoms with Gasteiger partial charge in [0.05, 0.1) is 22.4 Å². The molecule has 3 rings (SSSR count). The maximum Gasteiger partial charge on any atom is 0.335 e. The molecule has 2 N–H and O–H groups in total. The lowest BCUT2D eigenvalue weighted by Gasteiger charge is -2.07. The summed E-state index contributed by atoms with van der Waals surface area (Å²) in [5.41, 5.74) is 3.58. The number of carbonyl (C=O) groups excluding carboxylic acids is 1. The molecule has 0 saturated carbocycles. The highest BCUT2D eigenvalue weighted by molar-refractivity contribution is 5.88. The third kappa shape index (κ3) is 4.87. The monoisotopic (exact) mass is 408 g/mol. The normalized spacial score (nSPS) is 10.7. The van der Waals surface area contributed by atoms with Crippen molar-refractivity contribution in [2.75, 3.05) is 6.61 Å². The largest absolute Gasteiger partial charge is 0.478 e. The molecule has 152 valence electrons. The number of amides is 1. The number of hydrazone groups is 1. The molecular weight excluding hydrogens is 392 g/mol. The number of para-hydroxylation sites is 2. The molecule has 0 radical (unpaired) electrons. The Morgan fingerprint density at radius 2 is 1.87 bits per heavy atom. The predicted octanol–water partition coefficient (Wildman–Crippen LogP) is 2.61. The summed E-state index contributed by atoms with van der Waals surface area (Å²) in [5.74, 6) is -1.62. The predicted molar refractivity (Wildman–Crippen MR) is 107 cm³/mol. The zero-order valence-electron chi connectivity index (χ0n) is 15.5. The molecule has 0 atom stereocenters. The van der Waals surface area contributed by atoms with E-state index in [0.29, 0.717) is 5.69 Å². The van der Waals surface area contributed by atoms with Gasteiger partial charge < -0.3 is 14.4 Å². The maximum absolute atomic E-state index is 11.9. The summed E-state index contributed by atoms with van der Waals surface area (Å²) in [6.45, 7) is -0.445. The summed E-state index contributed by atoms with van der Waals surface area (Å²) in [7, 11) is 0. The number of carboxylic acid groups (broad SMARTS) is 1. The number of hydrogen-bond donors (Lipinski definition) is 2. The van der Waals surface area contributed by atoms with E-state index in [9.17, 15) is 19.7 Å². The van der Waals surface area contributed by atoms with Crippen LogP contribution in [0.2, 0.25) is 0 Å². The highest BCUT2D eigenvalue weighted by Gasteiger charge is 2.14. The molecule has 0 aliphatic heterocycles. The van der Waals surface area contributed by atoms with Gasteiger partial charge in [-0.3, -0.25) is 14.9 Å². The Balaban J connectivity index is 1.60. The van der Waals surface area contributed by atoms with Crippen LogP contribution in [0.3, 0.4) is 0 Å². The van der Waals surface area contributed by atoms with Crippen molar-refractivity contribution in [3.05, 3.63) is 88.2 Å². The van der Waals surface area contributed by atoms with Gasteiger partial charge in [0.25, 0.3) is 5.91 Å². The van der Waals surface area contributed by atoms with E-state index in [2.05, 4.69) is 10.5 Å². The third-order valence-electron chi connectivity index (χ3n) is 3.98. The number of carboxylic acids is 1. The molecule has 0 aliphatic carbocycles. The molecule has 0 spiro atoms. The van der Waals surface area contributed by atoms with Crippen molar-refractivity contribution >= 4 is 23.8 Å². The van der Waals surface area contributed by atoms with Crippen LogP contribution >= 0.6 is 0 Å². The molecular formula is C20H16N4O6. The van der Waals surface area contributed by atoms with Crippen LogP contribution in [0.4, 0.5) is 5.69 Å². The summed E-state index contributed by atoms with van der Waals surface area (Å²) in [6, 6.07) is 15.5. The van der Waals surface area contributed by atoms with Gasteiger partial charge in [-0.2, -0.15) is 5.10 Å². The van der Waals surface area contributed by atoms with Gasteiger partial charge in [0.1, 0.15) is 0 Å². The number of nitro groups is 1. The third-order valence-corrected chi connectivity index (χ3v) is 3.98. The number of nitro benzene ring substituents is 1. The van der Waals surface area contributed by atoms with Gasteiger partial charge in [0.2, 0.25) is 0 Å². The topological polar surface area (TPSA) is 136 Å². The van der Waals surface area contributed by atoms with Crippen molar-refractivity contribution in [1.82, 2.24) is 9.99 Å². The number of carbonyl (C=O) groups is 2. The zero-order chi connectivity index (χ0) is 21.5. The van der Waals surface area contributed by atoms with Crippen LogP contribution in [0.15, 0.2) is 72.0 Å². The van der Waals surface area contributed by atoms with Gasteiger partial charge >= 0.3 is 11.7 Å². The smallest absolute Gasteiger partial charge is 0.335 e. The van der Waals surface area contributed by atoms with E-state index in [1.54, 1.807) is 41.1 Å². The summed E-state index contributed by atoms with van der Waals surface area (Å²) >= 11 is 0. The minimum absolute atomic E-state index is 0.0136. The SMILES string of the molecule is O=C(COc1ccccc1[N+](=O)[O-])N/N=C/c1cccn1-c1ccc(C(=O)O)cc1. The first kappa shape index (κ1) is 20.3. The summed E-state index contributed by atoms with van der Waals surface area (Å²) in [5, 5.41) is 23.8. The van der Waals surface area contributed by atoms with Gasteiger partial charge in [-0.25, -0.2) is 10.2 Å². The number of aromatic carboxylic acids is 1. The fraction of sp³-hybridized carbons (Fsp3) is 0.0500. The number of ether oxygens (including phenoxy) is 1. The molecule has 1 amide bonds. The molecule has 10 nitrogen and oxygen atoms in total. The first-order valence-corrected chi connectivity index (χ1v) is 8.65. The molecule has 0 aliphatic rings. The average Bonchev–Trinajstić information content (AvgIpc) is 3.21. The number of aromatic nitrogens is 1. The van der Waals surface area contributed by atoms with Crippen LogP contribution in [0.5, 0.6) is 5.75 Å². The van der Waals surface area contributed by atoms with E-state index in [0.717, 1.165) is 5.69 Å². The second-order valence-corrected chi connectivity index (χ2v) is 5.96. The second-order valence-electron chi connectivity index (χ2n) is 5.96. The molecule has 0 saturated heterocycles. The first-order chi connectivity index (χ1) is 14.5. The Bertz CT molecular complexity index is 1100. The molecule has 0 unspecified atom stereocenters. The zero-order valence-corrected chi connectivity index (χ0v) is 15.5. The molecule has 0 bridgehead atoms. The van der Waals surface area contributed by atoms with Crippen LogP contribution in [0.25, 0.3) is 5.69 Å². The Labute approximate surface area is 170 Å². The van der Waals surface area contributed by atoms with E-state index in [1.165, 1.54) is 36.5 Å². The maximum atomic E-state index is 11.9. The molecule has 1 aromatic heterocycles. The Kier molecular flexibility index (Phi) is 6.18. The highest BCUT2D eigenvalue weighted by atomic mass is 16.6. The van der Waals surface area contributed by atoms with E-state index in [-0.39, 0.29) is 17.0 Å². The molecule has 3 aromatic rings. The van der Waals surface area contributed by atoms with Gasteiger partial charge in [-0.05, 0) is 42.5 Å². The van der Waals surface area contributed by atoms with Crippen LogP contribution in [-0.2, 0) is 4.79 Å². The van der Waals surface area contributed by atoms with Crippen molar-refractivity contribution in [3.63, 3.8) is 0 Å². The number of hydrogen-bond acceptors (Lipinski definition) is 6. The van der Waals surface area contributed by atoms with Gasteiger partial charge in [-0.1, -0.05) is 12.1 Å². The van der Waals surface area contributed by atoms with Crippen LogP contribution < -0.4 is 10.2 Å². The quantitative estimate of drug-likeness (QED) is 0.334. The average molecular weight is 408 g/mol. The fourth-order valence-electron chi connectivity index (χ4n) is 2.58. The number of benzene rings is 2. The highest BCUT2D eigenvalue weighted by Crippen LogP contribution is 2.25. The van der Waals surface area contributed by atoms with Crippen LogP contribution in [-0.4, -0.2) is 39.3 Å². The van der Waals surface area contributed by atoms with E-state index < -0.39 is 23.4 Å². The van der Waals surface area contributed by atoms with Crippen molar-refractivity contribution in [3.8, 4) is 11.4 Å². The van der Waals surface area contributed by atoms with Crippen molar-refractivity contribution < 1.29 is 24.4 Å². The van der Waals surface area contributed by atoms with E-state index >= 15 is 0 Å². The van der Waals surface area contributed by atoms with Gasteiger partial charge in [0, 0.05) is 18.0 Å². The minimum Gasteiger partial charge on any atom is -0.478 e. The molecule has 1 heterocycles. The molecule has 0 fully saturated rings. The molecule has 2 aromatic carbocycles. The fourth-order valence-corrected chi connectivity index (χ4v) is 2.58. The molecule has 10 heteroatoms. The van der Waals surface area contributed by atoms with Gasteiger partial charge in [-0.15, -0.1) is 0 Å².